The Morgan fingerprint density at radius 2 is 1.62 bits per heavy atom. The molecule has 2 amide bonds. The normalized spacial score (nSPS) is 18.0. The van der Waals surface area contributed by atoms with Crippen LogP contribution in [0.3, 0.4) is 0 Å². The molecule has 204 valence electrons. The lowest BCUT2D eigenvalue weighted by molar-refractivity contribution is -0.139. The molecule has 0 unspecified atom stereocenters. The fraction of sp³-hybridized carbons (Fsp3) is 0.355. The van der Waals surface area contributed by atoms with Gasteiger partial charge in [0, 0.05) is 37.4 Å². The van der Waals surface area contributed by atoms with E-state index in [9.17, 15) is 18.4 Å². The lowest BCUT2D eigenvalue weighted by Gasteiger charge is -2.41. The summed E-state index contributed by atoms with van der Waals surface area (Å²) in [5.74, 6) is -0.296. The van der Waals surface area contributed by atoms with E-state index in [1.807, 2.05) is 54.6 Å². The second-order valence-corrected chi connectivity index (χ2v) is 10.2. The van der Waals surface area contributed by atoms with Crippen molar-refractivity contribution in [1.29, 1.82) is 0 Å². The predicted octanol–water partition coefficient (Wildman–Crippen LogP) is 5.37. The minimum absolute atomic E-state index is 0.0365. The fourth-order valence-electron chi connectivity index (χ4n) is 5.47. The number of piperazine rings is 1. The van der Waals surface area contributed by atoms with Crippen molar-refractivity contribution in [2.45, 2.75) is 44.9 Å². The van der Waals surface area contributed by atoms with Gasteiger partial charge < -0.3 is 19.4 Å². The molecule has 6 nitrogen and oxygen atoms in total. The minimum Gasteiger partial charge on any atom is -0.435 e. The van der Waals surface area contributed by atoms with Gasteiger partial charge in [-0.2, -0.15) is 8.78 Å². The summed E-state index contributed by atoms with van der Waals surface area (Å²) in [7, 11) is 0. The number of amides is 2. The molecule has 0 bridgehead atoms. The van der Waals surface area contributed by atoms with Gasteiger partial charge in [-0.15, -0.1) is 0 Å². The number of carbonyl (C=O) groups excluding carboxylic acids is 2. The highest BCUT2D eigenvalue weighted by Crippen LogP contribution is 2.25. The van der Waals surface area contributed by atoms with Gasteiger partial charge in [-0.1, -0.05) is 42.5 Å². The molecule has 2 fully saturated rings. The monoisotopic (exact) mass is 533 g/mol. The Labute approximate surface area is 227 Å². The number of carbonyl (C=O) groups is 2. The van der Waals surface area contributed by atoms with Crippen LogP contribution in [0.5, 0.6) is 5.75 Å². The first kappa shape index (κ1) is 26.7. The Hall–Kier alpha value is -3.94. The molecule has 0 aliphatic carbocycles. The molecule has 8 heteroatoms. The van der Waals surface area contributed by atoms with Crippen molar-refractivity contribution in [1.82, 2.24) is 9.80 Å². The topological polar surface area (TPSA) is 53.1 Å². The Morgan fingerprint density at radius 1 is 0.897 bits per heavy atom. The third-order valence-electron chi connectivity index (χ3n) is 7.43. The summed E-state index contributed by atoms with van der Waals surface area (Å²) < 4.78 is 30.0. The third kappa shape index (κ3) is 6.74. The summed E-state index contributed by atoms with van der Waals surface area (Å²) in [6.45, 7) is -0.282. The van der Waals surface area contributed by atoms with Crippen LogP contribution >= 0.6 is 0 Å². The molecule has 2 aliphatic heterocycles. The molecule has 2 saturated heterocycles. The fourth-order valence-corrected chi connectivity index (χ4v) is 5.47. The zero-order valence-electron chi connectivity index (χ0n) is 21.8. The van der Waals surface area contributed by atoms with E-state index in [1.54, 1.807) is 21.9 Å². The minimum atomic E-state index is -2.92. The first-order valence-corrected chi connectivity index (χ1v) is 13.5. The molecule has 39 heavy (non-hydrogen) atoms. The summed E-state index contributed by atoms with van der Waals surface area (Å²) >= 11 is 0. The third-order valence-corrected chi connectivity index (χ3v) is 7.43. The molecular weight excluding hydrogens is 500 g/mol. The molecule has 0 saturated carbocycles. The lowest BCUT2D eigenvalue weighted by atomic mass is 10.00. The van der Waals surface area contributed by atoms with E-state index in [-0.39, 0.29) is 36.7 Å². The number of hydrogen-bond acceptors (Lipinski definition) is 4. The van der Waals surface area contributed by atoms with Crippen LogP contribution in [0.2, 0.25) is 0 Å². The highest BCUT2D eigenvalue weighted by atomic mass is 19.3. The predicted molar refractivity (Wildman–Crippen MR) is 146 cm³/mol. The van der Waals surface area contributed by atoms with Gasteiger partial charge in [0.15, 0.2) is 0 Å². The van der Waals surface area contributed by atoms with Crippen molar-refractivity contribution in [3.05, 3.63) is 95.6 Å². The molecule has 2 heterocycles. The van der Waals surface area contributed by atoms with E-state index >= 15 is 0 Å². The molecule has 0 radical (unpaired) electrons. The van der Waals surface area contributed by atoms with Crippen molar-refractivity contribution in [2.75, 3.05) is 31.1 Å². The number of anilines is 1. The molecule has 0 N–H and O–H groups in total. The summed E-state index contributed by atoms with van der Waals surface area (Å²) in [6, 6.07) is 23.7. The molecule has 2 aliphatic rings. The van der Waals surface area contributed by atoms with Crippen molar-refractivity contribution >= 4 is 17.5 Å². The number of rotatable bonds is 8. The van der Waals surface area contributed by atoms with Crippen LogP contribution in [0.4, 0.5) is 14.5 Å². The number of benzene rings is 3. The Bertz CT molecular complexity index is 1260. The van der Waals surface area contributed by atoms with Crippen LogP contribution in [0.15, 0.2) is 78.9 Å². The zero-order chi connectivity index (χ0) is 27.2. The number of halogens is 2. The first-order chi connectivity index (χ1) is 19.0. The van der Waals surface area contributed by atoms with Crippen LogP contribution in [-0.4, -0.2) is 60.4 Å². The van der Waals surface area contributed by atoms with Gasteiger partial charge in [0.1, 0.15) is 12.3 Å². The number of nitrogens with zero attached hydrogens (tertiary/aromatic N) is 3. The maximum absolute atomic E-state index is 13.5. The van der Waals surface area contributed by atoms with Gasteiger partial charge in [0.2, 0.25) is 5.91 Å². The van der Waals surface area contributed by atoms with Crippen LogP contribution < -0.4 is 9.64 Å². The van der Waals surface area contributed by atoms with Gasteiger partial charge in [0.25, 0.3) is 5.91 Å². The van der Waals surface area contributed by atoms with Gasteiger partial charge in [-0.3, -0.25) is 9.59 Å². The van der Waals surface area contributed by atoms with E-state index in [1.165, 1.54) is 31.4 Å². The van der Waals surface area contributed by atoms with Crippen LogP contribution in [0, 0.1) is 0 Å². The summed E-state index contributed by atoms with van der Waals surface area (Å²) in [5, 5.41) is 0. The van der Waals surface area contributed by atoms with Crippen LogP contribution in [0.1, 0.15) is 40.7 Å². The highest BCUT2D eigenvalue weighted by Gasteiger charge is 2.35. The van der Waals surface area contributed by atoms with E-state index in [2.05, 4.69) is 9.64 Å². The molecule has 0 aromatic heterocycles. The average molecular weight is 534 g/mol. The van der Waals surface area contributed by atoms with Gasteiger partial charge in [0.05, 0.1) is 6.04 Å². The summed E-state index contributed by atoms with van der Waals surface area (Å²) in [6.07, 6.45) is 4.18. The second kappa shape index (κ2) is 12.3. The second-order valence-electron chi connectivity index (χ2n) is 10.2. The van der Waals surface area contributed by atoms with E-state index in [0.29, 0.717) is 24.1 Å². The van der Waals surface area contributed by atoms with E-state index < -0.39 is 6.61 Å². The Morgan fingerprint density at radius 3 is 2.33 bits per heavy atom. The average Bonchev–Trinajstić information content (AvgIpc) is 2.95. The SMILES string of the molecule is O=C(c1ccc(N2CCCCC2)cc1)N1CC(=O)N(Cc2cccc(OC(F)F)c2)[C@@H](Cc2ccccc2)C1. The van der Waals surface area contributed by atoms with Crippen LogP contribution in [0.25, 0.3) is 0 Å². The maximum Gasteiger partial charge on any atom is 0.387 e. The molecule has 3 aromatic rings. The number of piperidine rings is 1. The quantitative estimate of drug-likeness (QED) is 0.391. The highest BCUT2D eigenvalue weighted by molar-refractivity contribution is 5.97. The van der Waals surface area contributed by atoms with Gasteiger partial charge >= 0.3 is 6.61 Å². The number of alkyl halides is 2. The smallest absolute Gasteiger partial charge is 0.387 e. The Balaban J connectivity index is 1.33. The first-order valence-electron chi connectivity index (χ1n) is 13.5. The van der Waals surface area contributed by atoms with E-state index in [0.717, 1.165) is 24.3 Å². The van der Waals surface area contributed by atoms with E-state index in [4.69, 9.17) is 0 Å². The number of ether oxygens (including phenoxy) is 1. The maximum atomic E-state index is 13.5. The molecule has 0 spiro atoms. The largest absolute Gasteiger partial charge is 0.435 e. The molecular formula is C31H33F2N3O3. The number of hydrogen-bond donors (Lipinski definition) is 0. The van der Waals surface area contributed by atoms with Crippen molar-refractivity contribution in [3.63, 3.8) is 0 Å². The van der Waals surface area contributed by atoms with Crippen molar-refractivity contribution < 1.29 is 23.1 Å². The van der Waals surface area contributed by atoms with Crippen molar-refractivity contribution in [3.8, 4) is 5.75 Å². The van der Waals surface area contributed by atoms with Crippen molar-refractivity contribution in [2.24, 2.45) is 0 Å². The Kier molecular flexibility index (Phi) is 8.39. The zero-order valence-corrected chi connectivity index (χ0v) is 21.8. The molecule has 5 rings (SSSR count). The van der Waals surface area contributed by atoms with Gasteiger partial charge in [-0.25, -0.2) is 0 Å². The summed E-state index contributed by atoms with van der Waals surface area (Å²) in [4.78, 5) is 32.7. The molecule has 3 aromatic carbocycles. The standard InChI is InChI=1S/C31H33F2N3O3/c32-31(33)39-28-11-7-10-24(19-28)20-36-27(18-23-8-3-1-4-9-23)21-35(22-29(36)37)30(38)25-12-14-26(15-13-25)34-16-5-2-6-17-34/h1,3-4,7-15,19,27,31H,2,5-6,16-18,20-22H2/t27-/m0/s1. The van der Waals surface area contributed by atoms with Crippen LogP contribution in [-0.2, 0) is 17.8 Å². The lowest BCUT2D eigenvalue weighted by Crippen LogP contribution is -2.58. The molecule has 1 atom stereocenters. The summed E-state index contributed by atoms with van der Waals surface area (Å²) in [5.41, 5.74) is 3.42. The van der Waals surface area contributed by atoms with Gasteiger partial charge in [-0.05, 0) is 73.2 Å².